The Morgan fingerprint density at radius 3 is 2.69 bits per heavy atom. The minimum atomic E-state index is 0.274. The Morgan fingerprint density at radius 1 is 1.31 bits per heavy atom. The Balaban J connectivity index is 2.39. The first kappa shape index (κ1) is 14.2. The molecule has 0 saturated carbocycles. The first-order chi connectivity index (χ1) is 7.63. The lowest BCUT2D eigenvalue weighted by Gasteiger charge is -2.13. The summed E-state index contributed by atoms with van der Waals surface area (Å²) in [6.07, 6.45) is 1.87. The second-order valence-electron chi connectivity index (χ2n) is 3.90. The third-order valence-electron chi connectivity index (χ3n) is 2.43. The maximum Gasteiger partial charge on any atom is 0.0431 e. The lowest BCUT2D eigenvalue weighted by atomic mass is 10.1. The monoisotopic (exact) mass is 349 g/mol. The highest BCUT2D eigenvalue weighted by Crippen LogP contribution is 2.23. The van der Waals surface area contributed by atoms with Crippen LogP contribution in [0.5, 0.6) is 0 Å². The number of aliphatic hydroxyl groups is 1. The fourth-order valence-corrected chi connectivity index (χ4v) is 2.11. The van der Waals surface area contributed by atoms with Crippen molar-refractivity contribution in [2.75, 3.05) is 6.61 Å². The smallest absolute Gasteiger partial charge is 0.0431 e. The van der Waals surface area contributed by atoms with Gasteiger partial charge >= 0.3 is 0 Å². The number of hydrogen-bond acceptors (Lipinski definition) is 2. The minimum absolute atomic E-state index is 0.274. The van der Waals surface area contributed by atoms with Crippen LogP contribution in [0.3, 0.4) is 0 Å². The topological polar surface area (TPSA) is 32.3 Å². The molecule has 90 valence electrons. The summed E-state index contributed by atoms with van der Waals surface area (Å²) < 4.78 is 2.15. The highest BCUT2D eigenvalue weighted by atomic mass is 79.9. The van der Waals surface area contributed by atoms with Crippen LogP contribution < -0.4 is 5.32 Å². The second kappa shape index (κ2) is 7.43. The van der Waals surface area contributed by atoms with Crippen molar-refractivity contribution in [2.24, 2.45) is 0 Å². The van der Waals surface area contributed by atoms with E-state index in [1.807, 2.05) is 6.07 Å². The first-order valence-corrected chi connectivity index (χ1v) is 7.00. The average molecular weight is 351 g/mol. The Kier molecular flexibility index (Phi) is 6.58. The third kappa shape index (κ3) is 4.95. The van der Waals surface area contributed by atoms with Crippen molar-refractivity contribution in [3.05, 3.63) is 32.7 Å². The van der Waals surface area contributed by atoms with Gasteiger partial charge < -0.3 is 10.4 Å². The van der Waals surface area contributed by atoms with Gasteiger partial charge in [0.2, 0.25) is 0 Å². The Bertz CT molecular complexity index is 331. The van der Waals surface area contributed by atoms with E-state index in [-0.39, 0.29) is 6.61 Å². The van der Waals surface area contributed by atoms with E-state index in [4.69, 9.17) is 5.11 Å². The minimum Gasteiger partial charge on any atom is -0.396 e. The van der Waals surface area contributed by atoms with Crippen LogP contribution in [0.2, 0.25) is 0 Å². The summed E-state index contributed by atoms with van der Waals surface area (Å²) in [5, 5.41) is 12.2. The quantitative estimate of drug-likeness (QED) is 0.823. The number of nitrogens with one attached hydrogen (secondary N) is 1. The molecule has 2 nitrogen and oxygen atoms in total. The lowest BCUT2D eigenvalue weighted by molar-refractivity contribution is 0.276. The van der Waals surface area contributed by atoms with Crippen molar-refractivity contribution < 1.29 is 5.11 Å². The third-order valence-corrected chi connectivity index (χ3v) is 4.31. The molecule has 0 amide bonds. The maximum atomic E-state index is 8.73. The molecule has 2 N–H and O–H groups in total. The molecule has 0 aromatic heterocycles. The number of halogens is 2. The second-order valence-corrected chi connectivity index (χ2v) is 5.60. The normalized spacial score (nSPS) is 12.8. The van der Waals surface area contributed by atoms with E-state index in [1.165, 1.54) is 5.56 Å². The Hall–Kier alpha value is 0.1000. The molecule has 0 aliphatic rings. The average Bonchev–Trinajstić information content (AvgIpc) is 2.28. The lowest BCUT2D eigenvalue weighted by Crippen LogP contribution is -2.25. The summed E-state index contributed by atoms with van der Waals surface area (Å²) in [6, 6.07) is 6.69. The summed E-state index contributed by atoms with van der Waals surface area (Å²) in [5.41, 5.74) is 1.26. The molecule has 0 bridgehead atoms. The fraction of sp³-hybridized carbons (Fsp3) is 0.500. The van der Waals surface area contributed by atoms with Crippen LogP contribution in [-0.2, 0) is 6.54 Å². The molecule has 1 atom stereocenters. The van der Waals surface area contributed by atoms with Gasteiger partial charge in [-0.15, -0.1) is 0 Å². The van der Waals surface area contributed by atoms with Crippen molar-refractivity contribution in [3.63, 3.8) is 0 Å². The van der Waals surface area contributed by atoms with Crippen LogP contribution in [0, 0.1) is 0 Å². The van der Waals surface area contributed by atoms with Gasteiger partial charge in [-0.2, -0.15) is 0 Å². The molecular formula is C12H17Br2NO. The first-order valence-electron chi connectivity index (χ1n) is 5.41. The van der Waals surface area contributed by atoms with E-state index >= 15 is 0 Å². The highest BCUT2D eigenvalue weighted by molar-refractivity contribution is 9.13. The number of rotatable bonds is 6. The fourth-order valence-electron chi connectivity index (χ4n) is 1.44. The SMILES string of the molecule is CC(CCCO)NCc1ccc(Br)c(Br)c1. The molecule has 0 aliphatic heterocycles. The highest BCUT2D eigenvalue weighted by Gasteiger charge is 2.02. The predicted octanol–water partition coefficient (Wildman–Crippen LogP) is 3.46. The van der Waals surface area contributed by atoms with E-state index in [2.05, 4.69) is 56.2 Å². The zero-order chi connectivity index (χ0) is 12.0. The van der Waals surface area contributed by atoms with Gasteiger partial charge in [0.25, 0.3) is 0 Å². The molecule has 1 rings (SSSR count). The van der Waals surface area contributed by atoms with E-state index in [0.29, 0.717) is 6.04 Å². The van der Waals surface area contributed by atoms with Crippen LogP contribution in [0.4, 0.5) is 0 Å². The molecule has 1 unspecified atom stereocenters. The number of aliphatic hydroxyl groups excluding tert-OH is 1. The van der Waals surface area contributed by atoms with Crippen molar-refractivity contribution in [1.82, 2.24) is 5.32 Å². The molecule has 4 heteroatoms. The van der Waals surface area contributed by atoms with Gasteiger partial charge in [0.15, 0.2) is 0 Å². The van der Waals surface area contributed by atoms with Crippen LogP contribution in [0.25, 0.3) is 0 Å². The molecule has 0 spiro atoms. The van der Waals surface area contributed by atoms with E-state index in [0.717, 1.165) is 28.3 Å². The van der Waals surface area contributed by atoms with Gasteiger partial charge in [-0.05, 0) is 69.3 Å². The Morgan fingerprint density at radius 2 is 2.06 bits per heavy atom. The number of hydrogen-bond donors (Lipinski definition) is 2. The summed E-state index contributed by atoms with van der Waals surface area (Å²) in [6.45, 7) is 3.28. The van der Waals surface area contributed by atoms with Crippen LogP contribution >= 0.6 is 31.9 Å². The summed E-state index contributed by atoms with van der Waals surface area (Å²) in [7, 11) is 0. The van der Waals surface area contributed by atoms with Gasteiger partial charge in [0, 0.05) is 28.1 Å². The van der Waals surface area contributed by atoms with Crippen molar-refractivity contribution in [3.8, 4) is 0 Å². The zero-order valence-electron chi connectivity index (χ0n) is 9.34. The van der Waals surface area contributed by atoms with Gasteiger partial charge in [0.1, 0.15) is 0 Å². The Labute approximate surface area is 114 Å². The molecule has 16 heavy (non-hydrogen) atoms. The van der Waals surface area contributed by atoms with Gasteiger partial charge in [-0.1, -0.05) is 6.07 Å². The van der Waals surface area contributed by atoms with Crippen molar-refractivity contribution >= 4 is 31.9 Å². The molecule has 0 heterocycles. The predicted molar refractivity (Wildman–Crippen MR) is 74.5 cm³/mol. The summed E-state index contributed by atoms with van der Waals surface area (Å²) >= 11 is 6.94. The van der Waals surface area contributed by atoms with Crippen LogP contribution in [0.1, 0.15) is 25.3 Å². The standard InChI is InChI=1S/C12H17Br2NO/c1-9(3-2-6-16)15-8-10-4-5-11(13)12(14)7-10/h4-5,7,9,15-16H,2-3,6,8H2,1H3. The van der Waals surface area contributed by atoms with E-state index in [1.54, 1.807) is 0 Å². The van der Waals surface area contributed by atoms with Gasteiger partial charge in [0.05, 0.1) is 0 Å². The zero-order valence-corrected chi connectivity index (χ0v) is 12.5. The van der Waals surface area contributed by atoms with Crippen LogP contribution in [-0.4, -0.2) is 17.8 Å². The molecule has 0 aliphatic carbocycles. The van der Waals surface area contributed by atoms with Gasteiger partial charge in [-0.25, -0.2) is 0 Å². The molecular weight excluding hydrogens is 334 g/mol. The largest absolute Gasteiger partial charge is 0.396 e. The van der Waals surface area contributed by atoms with E-state index in [9.17, 15) is 0 Å². The molecule has 0 fully saturated rings. The molecule has 0 radical (unpaired) electrons. The van der Waals surface area contributed by atoms with Crippen molar-refractivity contribution in [1.29, 1.82) is 0 Å². The molecule has 0 saturated heterocycles. The summed E-state index contributed by atoms with van der Waals surface area (Å²) in [5.74, 6) is 0. The number of benzene rings is 1. The van der Waals surface area contributed by atoms with Gasteiger partial charge in [-0.3, -0.25) is 0 Å². The maximum absolute atomic E-state index is 8.73. The molecule has 1 aromatic rings. The van der Waals surface area contributed by atoms with Crippen LogP contribution in [0.15, 0.2) is 27.1 Å². The summed E-state index contributed by atoms with van der Waals surface area (Å²) in [4.78, 5) is 0. The molecule has 1 aromatic carbocycles. The van der Waals surface area contributed by atoms with Crippen molar-refractivity contribution in [2.45, 2.75) is 32.4 Å². The van der Waals surface area contributed by atoms with E-state index < -0.39 is 0 Å².